The Morgan fingerprint density at radius 1 is 1.50 bits per heavy atom. The maximum absolute atomic E-state index is 5.66. The third-order valence-electron chi connectivity index (χ3n) is 3.64. The number of rotatable bonds is 3. The Hall–Kier alpha value is -0.870. The molecule has 1 aliphatic carbocycles. The van der Waals surface area contributed by atoms with Gasteiger partial charge in [0, 0.05) is 17.3 Å². The van der Waals surface area contributed by atoms with Crippen molar-refractivity contribution < 1.29 is 0 Å². The first-order chi connectivity index (χ1) is 7.63. The largest absolute Gasteiger partial charge is 0.330 e. The lowest BCUT2D eigenvalue weighted by atomic mass is 9.81. The Labute approximate surface area is 97.2 Å². The predicted octanol–water partition coefficient (Wildman–Crippen LogP) is 1.23. The number of nitrogens with two attached hydrogens (primary N) is 1. The first-order valence-corrected chi connectivity index (χ1v) is 6.03. The minimum atomic E-state index is 0.499. The number of H-pyrrole nitrogens is 1. The van der Waals surface area contributed by atoms with Crippen LogP contribution in [0.4, 0.5) is 0 Å². The molecule has 0 fully saturated rings. The van der Waals surface area contributed by atoms with Gasteiger partial charge >= 0.3 is 0 Å². The molecule has 2 rings (SSSR count). The van der Waals surface area contributed by atoms with Crippen LogP contribution >= 0.6 is 0 Å². The molecule has 0 saturated heterocycles. The fourth-order valence-corrected chi connectivity index (χ4v) is 2.80. The second-order valence-electron chi connectivity index (χ2n) is 5.07. The third-order valence-corrected chi connectivity index (χ3v) is 3.64. The van der Waals surface area contributed by atoms with Crippen LogP contribution in [0.5, 0.6) is 0 Å². The molecule has 0 aliphatic heterocycles. The molecule has 0 spiro atoms. The second kappa shape index (κ2) is 4.55. The van der Waals surface area contributed by atoms with Crippen LogP contribution in [0, 0.1) is 12.8 Å². The van der Waals surface area contributed by atoms with E-state index in [0.29, 0.717) is 12.0 Å². The lowest BCUT2D eigenvalue weighted by Crippen LogP contribution is -2.29. The minimum Gasteiger partial charge on any atom is -0.330 e. The Morgan fingerprint density at radius 3 is 2.88 bits per heavy atom. The number of aromatic amines is 1. The van der Waals surface area contributed by atoms with Crippen LogP contribution in [0.3, 0.4) is 0 Å². The SMILES string of the molecule is Cc1[nH]nc2c1C(N(C)C)CC(CCN)C2. The molecule has 90 valence electrons. The van der Waals surface area contributed by atoms with Crippen molar-refractivity contribution in [3.63, 3.8) is 0 Å². The van der Waals surface area contributed by atoms with Crippen molar-refractivity contribution in [1.29, 1.82) is 0 Å². The minimum absolute atomic E-state index is 0.499. The van der Waals surface area contributed by atoms with Gasteiger partial charge in [-0.25, -0.2) is 0 Å². The van der Waals surface area contributed by atoms with Gasteiger partial charge in [-0.1, -0.05) is 0 Å². The van der Waals surface area contributed by atoms with E-state index in [1.807, 2.05) is 0 Å². The summed E-state index contributed by atoms with van der Waals surface area (Å²) in [4.78, 5) is 2.30. The van der Waals surface area contributed by atoms with Crippen LogP contribution in [-0.4, -0.2) is 35.7 Å². The van der Waals surface area contributed by atoms with Gasteiger partial charge < -0.3 is 10.6 Å². The lowest BCUT2D eigenvalue weighted by Gasteiger charge is -2.33. The molecule has 3 N–H and O–H groups in total. The highest BCUT2D eigenvalue weighted by atomic mass is 15.2. The summed E-state index contributed by atoms with van der Waals surface area (Å²) in [7, 11) is 4.29. The first-order valence-electron chi connectivity index (χ1n) is 6.03. The second-order valence-corrected chi connectivity index (χ2v) is 5.07. The van der Waals surface area contributed by atoms with Crippen molar-refractivity contribution in [3.8, 4) is 0 Å². The standard InChI is InChI=1S/C12H22N4/c1-8-12-10(15-14-8)6-9(4-5-13)7-11(12)16(2)3/h9,11H,4-7,13H2,1-3H3,(H,14,15). The molecule has 2 unspecified atom stereocenters. The van der Waals surface area contributed by atoms with E-state index < -0.39 is 0 Å². The van der Waals surface area contributed by atoms with Gasteiger partial charge in [0.2, 0.25) is 0 Å². The van der Waals surface area contributed by atoms with E-state index in [2.05, 4.69) is 36.1 Å². The predicted molar refractivity (Wildman–Crippen MR) is 65.2 cm³/mol. The number of nitrogens with zero attached hydrogens (tertiary/aromatic N) is 2. The van der Waals surface area contributed by atoms with Crippen molar-refractivity contribution >= 4 is 0 Å². The highest BCUT2D eigenvalue weighted by Crippen LogP contribution is 2.37. The van der Waals surface area contributed by atoms with Crippen LogP contribution < -0.4 is 5.73 Å². The van der Waals surface area contributed by atoms with E-state index >= 15 is 0 Å². The molecule has 1 aliphatic rings. The molecule has 2 atom stereocenters. The fraction of sp³-hybridized carbons (Fsp3) is 0.750. The van der Waals surface area contributed by atoms with Crippen LogP contribution in [0.15, 0.2) is 0 Å². The molecule has 1 aromatic heterocycles. The molecule has 16 heavy (non-hydrogen) atoms. The molecule has 0 aromatic carbocycles. The van der Waals surface area contributed by atoms with Gasteiger partial charge in [0.1, 0.15) is 0 Å². The smallest absolute Gasteiger partial charge is 0.0675 e. The van der Waals surface area contributed by atoms with Crippen LogP contribution in [0.2, 0.25) is 0 Å². The van der Waals surface area contributed by atoms with E-state index in [1.165, 1.54) is 23.4 Å². The molecule has 0 bridgehead atoms. The quantitative estimate of drug-likeness (QED) is 0.809. The number of aryl methyl sites for hydroxylation is 1. The van der Waals surface area contributed by atoms with Gasteiger partial charge in [-0.3, -0.25) is 5.10 Å². The Morgan fingerprint density at radius 2 is 2.25 bits per heavy atom. The molecule has 4 heteroatoms. The summed E-state index contributed by atoms with van der Waals surface area (Å²) in [5, 5.41) is 7.55. The van der Waals surface area contributed by atoms with Crippen molar-refractivity contribution in [2.24, 2.45) is 11.7 Å². The van der Waals surface area contributed by atoms with Crippen LogP contribution in [-0.2, 0) is 6.42 Å². The van der Waals surface area contributed by atoms with Gasteiger partial charge in [-0.05, 0) is 52.7 Å². The van der Waals surface area contributed by atoms with Gasteiger partial charge in [0.05, 0.1) is 5.69 Å². The summed E-state index contributed by atoms with van der Waals surface area (Å²) < 4.78 is 0. The summed E-state index contributed by atoms with van der Waals surface area (Å²) in [6.45, 7) is 2.90. The number of aromatic nitrogens is 2. The van der Waals surface area contributed by atoms with Crippen molar-refractivity contribution in [1.82, 2.24) is 15.1 Å². The maximum atomic E-state index is 5.66. The van der Waals surface area contributed by atoms with E-state index in [0.717, 1.165) is 19.4 Å². The Kier molecular flexibility index (Phi) is 3.30. The van der Waals surface area contributed by atoms with E-state index in [1.54, 1.807) is 0 Å². The molecule has 1 heterocycles. The highest BCUT2D eigenvalue weighted by molar-refractivity contribution is 5.31. The zero-order valence-corrected chi connectivity index (χ0v) is 10.5. The van der Waals surface area contributed by atoms with Gasteiger partial charge in [-0.15, -0.1) is 0 Å². The van der Waals surface area contributed by atoms with E-state index in [4.69, 9.17) is 5.73 Å². The summed E-state index contributed by atoms with van der Waals surface area (Å²) in [5.41, 5.74) is 9.55. The van der Waals surface area contributed by atoms with E-state index in [9.17, 15) is 0 Å². The molecule has 0 saturated carbocycles. The van der Waals surface area contributed by atoms with Gasteiger partial charge in [0.25, 0.3) is 0 Å². The monoisotopic (exact) mass is 222 g/mol. The fourth-order valence-electron chi connectivity index (χ4n) is 2.80. The lowest BCUT2D eigenvalue weighted by molar-refractivity contribution is 0.224. The zero-order valence-electron chi connectivity index (χ0n) is 10.5. The summed E-state index contributed by atoms with van der Waals surface area (Å²) >= 11 is 0. The van der Waals surface area contributed by atoms with Gasteiger partial charge in [-0.2, -0.15) is 5.10 Å². The molecular formula is C12H22N4. The molecule has 0 amide bonds. The number of fused-ring (bicyclic) bond motifs is 1. The molecule has 1 aromatic rings. The average molecular weight is 222 g/mol. The third kappa shape index (κ3) is 1.99. The van der Waals surface area contributed by atoms with Crippen LogP contribution in [0.25, 0.3) is 0 Å². The van der Waals surface area contributed by atoms with E-state index in [-0.39, 0.29) is 0 Å². The van der Waals surface area contributed by atoms with Crippen LogP contribution in [0.1, 0.15) is 35.8 Å². The van der Waals surface area contributed by atoms with Crippen molar-refractivity contribution in [2.45, 2.75) is 32.2 Å². The summed E-state index contributed by atoms with van der Waals surface area (Å²) in [6, 6.07) is 0.499. The summed E-state index contributed by atoms with van der Waals surface area (Å²) in [5.74, 6) is 0.688. The molecular weight excluding hydrogens is 200 g/mol. The average Bonchev–Trinajstić information content (AvgIpc) is 2.60. The first kappa shape index (κ1) is 11.6. The Balaban J connectivity index is 2.28. The normalized spacial score (nSPS) is 24.8. The zero-order chi connectivity index (χ0) is 11.7. The Bertz CT molecular complexity index is 356. The maximum Gasteiger partial charge on any atom is 0.0675 e. The number of nitrogens with one attached hydrogen (secondary N) is 1. The number of hydrogen-bond acceptors (Lipinski definition) is 3. The van der Waals surface area contributed by atoms with Crippen molar-refractivity contribution in [2.75, 3.05) is 20.6 Å². The number of hydrogen-bond donors (Lipinski definition) is 2. The topological polar surface area (TPSA) is 57.9 Å². The molecule has 4 nitrogen and oxygen atoms in total. The molecule has 0 radical (unpaired) electrons. The van der Waals surface area contributed by atoms with Crippen molar-refractivity contribution in [3.05, 3.63) is 17.0 Å². The summed E-state index contributed by atoms with van der Waals surface area (Å²) in [6.07, 6.45) is 3.40. The highest BCUT2D eigenvalue weighted by Gasteiger charge is 2.31. The van der Waals surface area contributed by atoms with Gasteiger partial charge in [0.15, 0.2) is 0 Å².